The molecule has 0 bridgehead atoms. The average molecular weight is 285 g/mol. The number of aromatic hydroxyl groups is 1. The van der Waals surface area contributed by atoms with Gasteiger partial charge in [0.2, 0.25) is 0 Å². The second-order valence-electron chi connectivity index (χ2n) is 4.79. The predicted molar refractivity (Wildman–Crippen MR) is 79.3 cm³/mol. The van der Waals surface area contributed by atoms with Gasteiger partial charge in [-0.1, -0.05) is 36.4 Å². The van der Waals surface area contributed by atoms with Crippen LogP contribution in [0.15, 0.2) is 54.6 Å². The maximum atomic E-state index is 13.3. The van der Waals surface area contributed by atoms with Crippen LogP contribution in [-0.2, 0) is 6.54 Å². The normalized spacial score (nSPS) is 10.8. The summed E-state index contributed by atoms with van der Waals surface area (Å²) in [4.78, 5) is 0. The topological polar surface area (TPSA) is 32.3 Å². The van der Waals surface area contributed by atoms with Crippen molar-refractivity contribution in [3.05, 3.63) is 71.8 Å². The molecular formula is C17H13F2NO. The Balaban J connectivity index is 1.87. The first kappa shape index (κ1) is 13.4. The Kier molecular flexibility index (Phi) is 3.44. The minimum absolute atomic E-state index is 0.266. The largest absolute Gasteiger partial charge is 0.503 e. The lowest BCUT2D eigenvalue weighted by Gasteiger charge is -2.10. The molecule has 2 nitrogen and oxygen atoms in total. The molecule has 0 aliphatic heterocycles. The first-order valence-electron chi connectivity index (χ1n) is 6.53. The minimum atomic E-state index is -0.954. The van der Waals surface area contributed by atoms with E-state index in [2.05, 4.69) is 5.32 Å². The van der Waals surface area contributed by atoms with Crippen molar-refractivity contribution in [2.24, 2.45) is 0 Å². The number of rotatable bonds is 3. The molecule has 106 valence electrons. The quantitative estimate of drug-likeness (QED) is 0.746. The van der Waals surface area contributed by atoms with Gasteiger partial charge >= 0.3 is 0 Å². The molecule has 21 heavy (non-hydrogen) atoms. The van der Waals surface area contributed by atoms with E-state index in [4.69, 9.17) is 5.11 Å². The highest BCUT2D eigenvalue weighted by molar-refractivity contribution is 5.93. The molecule has 0 aliphatic carbocycles. The second-order valence-corrected chi connectivity index (χ2v) is 4.79. The summed E-state index contributed by atoms with van der Waals surface area (Å²) in [5.41, 5.74) is 1.32. The fraction of sp³-hybridized carbons (Fsp3) is 0.0588. The van der Waals surface area contributed by atoms with Crippen LogP contribution < -0.4 is 5.32 Å². The maximum Gasteiger partial charge on any atom is 0.187 e. The van der Waals surface area contributed by atoms with Gasteiger partial charge in [0.25, 0.3) is 0 Å². The van der Waals surface area contributed by atoms with E-state index in [1.165, 1.54) is 0 Å². The highest BCUT2D eigenvalue weighted by atomic mass is 19.1. The third-order valence-corrected chi connectivity index (χ3v) is 3.35. The molecule has 0 saturated heterocycles. The first-order valence-corrected chi connectivity index (χ1v) is 6.53. The van der Waals surface area contributed by atoms with Crippen molar-refractivity contribution in [1.82, 2.24) is 0 Å². The number of anilines is 1. The lowest BCUT2D eigenvalue weighted by atomic mass is 10.1. The molecule has 0 aromatic heterocycles. The van der Waals surface area contributed by atoms with Crippen LogP contribution in [0.5, 0.6) is 5.75 Å². The van der Waals surface area contributed by atoms with Gasteiger partial charge in [-0.25, -0.2) is 8.78 Å². The van der Waals surface area contributed by atoms with Crippen LogP contribution in [0.25, 0.3) is 10.8 Å². The SMILES string of the molecule is Oc1c(F)cc(CNc2cccc3ccccc23)cc1F. The van der Waals surface area contributed by atoms with E-state index >= 15 is 0 Å². The predicted octanol–water partition coefficient (Wildman–Crippen LogP) is 4.44. The number of hydrogen-bond donors (Lipinski definition) is 2. The fourth-order valence-electron chi connectivity index (χ4n) is 2.30. The molecule has 3 aromatic rings. The summed E-state index contributed by atoms with van der Waals surface area (Å²) in [6, 6.07) is 16.0. The number of benzene rings is 3. The third kappa shape index (κ3) is 2.65. The number of phenols is 1. The molecule has 0 atom stereocenters. The van der Waals surface area contributed by atoms with Gasteiger partial charge in [0.05, 0.1) is 0 Å². The lowest BCUT2D eigenvalue weighted by Crippen LogP contribution is -2.01. The molecule has 3 rings (SSSR count). The molecule has 0 radical (unpaired) electrons. The summed E-state index contributed by atoms with van der Waals surface area (Å²) < 4.78 is 26.6. The number of halogens is 2. The van der Waals surface area contributed by atoms with E-state index in [0.717, 1.165) is 28.6 Å². The van der Waals surface area contributed by atoms with Gasteiger partial charge in [-0.15, -0.1) is 0 Å². The fourth-order valence-corrected chi connectivity index (χ4v) is 2.30. The van der Waals surface area contributed by atoms with E-state index in [1.807, 2.05) is 42.5 Å². The van der Waals surface area contributed by atoms with Crippen molar-refractivity contribution in [3.8, 4) is 5.75 Å². The molecule has 3 aromatic carbocycles. The maximum absolute atomic E-state index is 13.3. The highest BCUT2D eigenvalue weighted by Gasteiger charge is 2.09. The van der Waals surface area contributed by atoms with E-state index in [-0.39, 0.29) is 6.54 Å². The molecule has 0 aliphatic rings. The Hall–Kier alpha value is -2.62. The van der Waals surface area contributed by atoms with Crippen LogP contribution in [0.2, 0.25) is 0 Å². The monoisotopic (exact) mass is 285 g/mol. The molecule has 0 saturated carbocycles. The van der Waals surface area contributed by atoms with Gasteiger partial charge in [-0.2, -0.15) is 0 Å². The van der Waals surface area contributed by atoms with Gasteiger partial charge in [0.1, 0.15) is 0 Å². The molecule has 0 fully saturated rings. The van der Waals surface area contributed by atoms with Crippen molar-refractivity contribution < 1.29 is 13.9 Å². The number of fused-ring (bicyclic) bond motifs is 1. The van der Waals surface area contributed by atoms with Gasteiger partial charge in [-0.05, 0) is 29.1 Å². The second kappa shape index (κ2) is 5.40. The Labute approximate surface area is 120 Å². The minimum Gasteiger partial charge on any atom is -0.503 e. The van der Waals surface area contributed by atoms with Crippen LogP contribution in [0.1, 0.15) is 5.56 Å². The van der Waals surface area contributed by atoms with Crippen LogP contribution in [0, 0.1) is 11.6 Å². The standard InChI is InChI=1S/C17H13F2NO/c18-14-8-11(9-15(19)17(14)21)10-20-16-7-3-5-12-4-1-2-6-13(12)16/h1-9,20-21H,10H2. The van der Waals surface area contributed by atoms with E-state index in [0.29, 0.717) is 5.56 Å². The van der Waals surface area contributed by atoms with Crippen molar-refractivity contribution in [2.75, 3.05) is 5.32 Å². The van der Waals surface area contributed by atoms with Crippen molar-refractivity contribution >= 4 is 16.5 Å². The van der Waals surface area contributed by atoms with Crippen LogP contribution in [-0.4, -0.2) is 5.11 Å². The summed E-state index contributed by atoms with van der Waals surface area (Å²) in [5, 5.41) is 14.4. The highest BCUT2D eigenvalue weighted by Crippen LogP contribution is 2.25. The summed E-state index contributed by atoms with van der Waals surface area (Å²) in [7, 11) is 0. The van der Waals surface area contributed by atoms with Gasteiger partial charge in [-0.3, -0.25) is 0 Å². The van der Waals surface area contributed by atoms with Crippen molar-refractivity contribution in [2.45, 2.75) is 6.54 Å². The Bertz CT molecular complexity index is 773. The number of nitrogens with one attached hydrogen (secondary N) is 1. The van der Waals surface area contributed by atoms with Crippen molar-refractivity contribution in [3.63, 3.8) is 0 Å². The summed E-state index contributed by atoms with van der Waals surface area (Å²) in [6.45, 7) is 0.266. The molecule has 0 amide bonds. The Morgan fingerprint density at radius 3 is 2.33 bits per heavy atom. The van der Waals surface area contributed by atoms with E-state index in [9.17, 15) is 8.78 Å². The Morgan fingerprint density at radius 2 is 1.57 bits per heavy atom. The average Bonchev–Trinajstić information content (AvgIpc) is 2.50. The molecule has 0 heterocycles. The zero-order valence-corrected chi connectivity index (χ0v) is 11.1. The molecule has 0 unspecified atom stereocenters. The van der Waals surface area contributed by atoms with Crippen molar-refractivity contribution in [1.29, 1.82) is 0 Å². The molecule has 0 spiro atoms. The van der Waals surface area contributed by atoms with E-state index < -0.39 is 17.4 Å². The smallest absolute Gasteiger partial charge is 0.187 e. The molecule has 4 heteroatoms. The van der Waals surface area contributed by atoms with Crippen LogP contribution >= 0.6 is 0 Å². The van der Waals surface area contributed by atoms with Crippen LogP contribution in [0.4, 0.5) is 14.5 Å². The summed E-state index contributed by atoms with van der Waals surface area (Å²) in [6.07, 6.45) is 0. The third-order valence-electron chi connectivity index (χ3n) is 3.35. The lowest BCUT2D eigenvalue weighted by molar-refractivity contribution is 0.395. The van der Waals surface area contributed by atoms with E-state index in [1.54, 1.807) is 0 Å². The van der Waals surface area contributed by atoms with Gasteiger partial charge in [0, 0.05) is 17.6 Å². The molecule has 2 N–H and O–H groups in total. The summed E-state index contributed by atoms with van der Waals surface area (Å²) in [5.74, 6) is -2.85. The Morgan fingerprint density at radius 1 is 0.905 bits per heavy atom. The van der Waals surface area contributed by atoms with Gasteiger partial charge in [0.15, 0.2) is 17.4 Å². The zero-order valence-electron chi connectivity index (χ0n) is 11.1. The molecular weight excluding hydrogens is 272 g/mol. The number of hydrogen-bond acceptors (Lipinski definition) is 2. The zero-order chi connectivity index (χ0) is 14.8. The first-order chi connectivity index (χ1) is 10.1. The van der Waals surface area contributed by atoms with Gasteiger partial charge < -0.3 is 10.4 Å². The summed E-state index contributed by atoms with van der Waals surface area (Å²) >= 11 is 0. The number of phenolic OH excluding ortho intramolecular Hbond substituents is 1. The van der Waals surface area contributed by atoms with Crippen LogP contribution in [0.3, 0.4) is 0 Å².